The van der Waals surface area contributed by atoms with Crippen LogP contribution in [0.4, 0.5) is 0 Å². The third-order valence-corrected chi connectivity index (χ3v) is 14.2. The molecule has 0 saturated carbocycles. The second-order valence-corrected chi connectivity index (χ2v) is 17.5. The monoisotopic (exact) mass is 772 g/mol. The first-order valence-electron chi connectivity index (χ1n) is 20.6. The van der Waals surface area contributed by atoms with Crippen molar-refractivity contribution < 1.29 is 8.83 Å². The topological polar surface area (TPSA) is 26.3 Å². The van der Waals surface area contributed by atoms with Crippen LogP contribution in [0.5, 0.6) is 0 Å². The lowest BCUT2D eigenvalue weighted by atomic mass is 9.83. The highest BCUT2D eigenvalue weighted by atomic mass is 32.1. The number of para-hydroxylation sites is 2. The molecular weight excluding hydrogens is 737 g/mol. The first kappa shape index (κ1) is 33.1. The molecule has 0 N–H and O–H groups in total. The van der Waals surface area contributed by atoms with Crippen molar-refractivity contribution in [1.82, 2.24) is 0 Å². The molecule has 3 aromatic heterocycles. The molecule has 0 aliphatic heterocycles. The van der Waals surface area contributed by atoms with Gasteiger partial charge in [0.05, 0.1) is 4.70 Å². The maximum absolute atomic E-state index is 6.97. The predicted octanol–water partition coefficient (Wildman–Crippen LogP) is 16.8. The zero-order chi connectivity index (χ0) is 38.9. The molecule has 10 aromatic carbocycles. The summed E-state index contributed by atoms with van der Waals surface area (Å²) in [5, 5.41) is 17.5. The quantitative estimate of drug-likeness (QED) is 0.132. The van der Waals surface area contributed by atoms with Gasteiger partial charge in [-0.1, -0.05) is 159 Å². The number of fused-ring (bicyclic) bond motifs is 20. The Labute approximate surface area is 343 Å². The Balaban J connectivity index is 1.09. The van der Waals surface area contributed by atoms with Crippen LogP contribution in [-0.2, 0) is 0 Å². The van der Waals surface area contributed by atoms with Crippen LogP contribution in [0.3, 0.4) is 0 Å². The molecule has 3 heterocycles. The fourth-order valence-electron chi connectivity index (χ4n) is 10.2. The van der Waals surface area contributed by atoms with Crippen LogP contribution in [0.1, 0.15) is 47.9 Å². The Morgan fingerprint density at radius 1 is 0.356 bits per heavy atom. The molecule has 13 rings (SSSR count). The number of benzene rings is 10. The van der Waals surface area contributed by atoms with E-state index in [1.807, 2.05) is 17.4 Å². The normalized spacial score (nSPS) is 13.0. The van der Waals surface area contributed by atoms with Crippen molar-refractivity contribution in [1.29, 1.82) is 0 Å². The van der Waals surface area contributed by atoms with E-state index in [4.69, 9.17) is 8.83 Å². The summed E-state index contributed by atoms with van der Waals surface area (Å²) in [7, 11) is 0. The Morgan fingerprint density at radius 2 is 0.881 bits per heavy atom. The average molecular weight is 773 g/mol. The minimum Gasteiger partial charge on any atom is -0.456 e. The highest BCUT2D eigenvalue weighted by Gasteiger charge is 2.25. The molecule has 59 heavy (non-hydrogen) atoms. The van der Waals surface area contributed by atoms with E-state index in [1.54, 1.807) is 0 Å². The van der Waals surface area contributed by atoms with Gasteiger partial charge in [0, 0.05) is 53.9 Å². The van der Waals surface area contributed by atoms with Crippen molar-refractivity contribution in [2.75, 3.05) is 0 Å². The third-order valence-electron chi connectivity index (χ3n) is 13.0. The summed E-state index contributed by atoms with van der Waals surface area (Å²) < 4.78 is 16.2. The van der Waals surface area contributed by atoms with Crippen molar-refractivity contribution in [2.24, 2.45) is 0 Å². The second kappa shape index (κ2) is 12.3. The lowest BCUT2D eigenvalue weighted by molar-refractivity contribution is 0.661. The summed E-state index contributed by atoms with van der Waals surface area (Å²) in [6, 6.07) is 62.4. The van der Waals surface area contributed by atoms with Crippen molar-refractivity contribution in [3.8, 4) is 0 Å². The van der Waals surface area contributed by atoms with E-state index in [1.165, 1.54) is 80.0 Å². The van der Waals surface area contributed by atoms with E-state index >= 15 is 0 Å². The standard InChI is InChI=1S/C56H36O2S/c1-31(2)32-22-24-33(25-23-32)49(44-20-11-19-42-37-14-9-10-21-47(37)57-53(42)44)34-26-29-48-46(30-34)43-27-28-45-51-41-18-8-7-17-40(41)50-38-15-5-3-12-35(38)36-13-4-6-16-39(36)52(50)56(51)59-55(45)54(43)58-48/h3-31,49H,1-2H3. The second-order valence-electron chi connectivity index (χ2n) is 16.4. The van der Waals surface area contributed by atoms with Gasteiger partial charge in [0.15, 0.2) is 5.58 Å². The molecule has 0 fully saturated rings. The van der Waals surface area contributed by atoms with Crippen molar-refractivity contribution in [2.45, 2.75) is 25.7 Å². The molecule has 0 spiro atoms. The molecule has 0 aliphatic rings. The summed E-state index contributed by atoms with van der Waals surface area (Å²) >= 11 is 1.88. The molecule has 0 amide bonds. The maximum Gasteiger partial charge on any atom is 0.153 e. The Kier molecular flexibility index (Phi) is 6.89. The van der Waals surface area contributed by atoms with Gasteiger partial charge in [0.1, 0.15) is 16.7 Å². The minimum absolute atomic E-state index is 0.0521. The number of hydrogen-bond acceptors (Lipinski definition) is 3. The fraction of sp³-hybridized carbons (Fsp3) is 0.0714. The lowest BCUT2D eigenvalue weighted by Crippen LogP contribution is -2.04. The van der Waals surface area contributed by atoms with Crippen LogP contribution in [0.2, 0.25) is 0 Å². The van der Waals surface area contributed by atoms with Crippen LogP contribution in [0.15, 0.2) is 179 Å². The molecule has 1 unspecified atom stereocenters. The zero-order valence-electron chi connectivity index (χ0n) is 32.5. The SMILES string of the molecule is CC(C)c1ccc(C(c2ccc3oc4c(ccc5c4sc4c5c5ccccc5c5c6ccccc6c6ccccc6c45)c3c2)c2cccc3c2oc2ccccc23)cc1. The van der Waals surface area contributed by atoms with Gasteiger partial charge in [-0.3, -0.25) is 0 Å². The first-order chi connectivity index (χ1) is 29.1. The van der Waals surface area contributed by atoms with Crippen molar-refractivity contribution in [3.63, 3.8) is 0 Å². The van der Waals surface area contributed by atoms with Gasteiger partial charge < -0.3 is 8.83 Å². The summed E-state index contributed by atoms with van der Waals surface area (Å²) in [4.78, 5) is 0. The van der Waals surface area contributed by atoms with E-state index in [0.717, 1.165) is 49.4 Å². The third kappa shape index (κ3) is 4.62. The van der Waals surface area contributed by atoms with E-state index in [2.05, 4.69) is 178 Å². The predicted molar refractivity (Wildman–Crippen MR) is 252 cm³/mol. The number of hydrogen-bond donors (Lipinski definition) is 0. The maximum atomic E-state index is 6.97. The Bertz CT molecular complexity index is 3880. The highest BCUT2D eigenvalue weighted by molar-refractivity contribution is 7.28. The molecule has 278 valence electrons. The largest absolute Gasteiger partial charge is 0.456 e. The molecule has 0 radical (unpaired) electrons. The van der Waals surface area contributed by atoms with Gasteiger partial charge >= 0.3 is 0 Å². The van der Waals surface area contributed by atoms with Gasteiger partial charge in [-0.25, -0.2) is 0 Å². The van der Waals surface area contributed by atoms with Gasteiger partial charge in [-0.15, -0.1) is 11.3 Å². The molecule has 2 nitrogen and oxygen atoms in total. The molecule has 0 bridgehead atoms. The van der Waals surface area contributed by atoms with Crippen molar-refractivity contribution >= 4 is 118 Å². The molecule has 0 aliphatic carbocycles. The fourth-order valence-corrected chi connectivity index (χ4v) is 11.6. The van der Waals surface area contributed by atoms with Gasteiger partial charge in [0.2, 0.25) is 0 Å². The number of furan rings is 2. The Morgan fingerprint density at radius 3 is 1.61 bits per heavy atom. The number of thiophene rings is 1. The van der Waals surface area contributed by atoms with Crippen LogP contribution >= 0.6 is 11.3 Å². The van der Waals surface area contributed by atoms with E-state index < -0.39 is 0 Å². The van der Waals surface area contributed by atoms with Gasteiger partial charge in [-0.05, 0) is 84.6 Å². The van der Waals surface area contributed by atoms with Crippen LogP contribution in [0.25, 0.3) is 107 Å². The molecule has 3 heteroatoms. The van der Waals surface area contributed by atoms with E-state index in [0.29, 0.717) is 5.92 Å². The first-order valence-corrected chi connectivity index (χ1v) is 21.4. The minimum atomic E-state index is -0.0521. The smallest absolute Gasteiger partial charge is 0.153 e. The van der Waals surface area contributed by atoms with Gasteiger partial charge in [0.25, 0.3) is 0 Å². The molecule has 13 aromatic rings. The van der Waals surface area contributed by atoms with Crippen LogP contribution in [-0.4, -0.2) is 0 Å². The summed E-state index contributed by atoms with van der Waals surface area (Å²) in [6.45, 7) is 4.50. The van der Waals surface area contributed by atoms with Crippen LogP contribution < -0.4 is 0 Å². The van der Waals surface area contributed by atoms with E-state index in [-0.39, 0.29) is 5.92 Å². The number of rotatable bonds is 4. The highest BCUT2D eigenvalue weighted by Crippen LogP contribution is 2.51. The van der Waals surface area contributed by atoms with Gasteiger partial charge in [-0.2, -0.15) is 0 Å². The zero-order valence-corrected chi connectivity index (χ0v) is 33.4. The molecular formula is C56H36O2S. The summed E-state index contributed by atoms with van der Waals surface area (Å²) in [5.41, 5.74) is 8.64. The van der Waals surface area contributed by atoms with Crippen molar-refractivity contribution in [3.05, 3.63) is 192 Å². The Hall–Kier alpha value is -6.94. The average Bonchev–Trinajstić information content (AvgIpc) is 3.99. The lowest BCUT2D eigenvalue weighted by Gasteiger charge is -2.20. The van der Waals surface area contributed by atoms with Crippen LogP contribution in [0, 0.1) is 0 Å². The van der Waals surface area contributed by atoms with E-state index in [9.17, 15) is 0 Å². The summed E-state index contributed by atoms with van der Waals surface area (Å²) in [5.74, 6) is 0.401. The molecule has 0 saturated heterocycles. The summed E-state index contributed by atoms with van der Waals surface area (Å²) in [6.07, 6.45) is 0. The molecule has 1 atom stereocenters.